The number of carbonyl (C=O) groups is 3. The summed E-state index contributed by atoms with van der Waals surface area (Å²) < 4.78 is 13.6. The summed E-state index contributed by atoms with van der Waals surface area (Å²) in [6.07, 6.45) is 1.24. The quantitative estimate of drug-likeness (QED) is 0.434. The van der Waals surface area contributed by atoms with Crippen LogP contribution >= 0.6 is 11.8 Å². The minimum Gasteiger partial charge on any atom is -0.502 e. The molecule has 0 radical (unpaired) electrons. The first-order chi connectivity index (χ1) is 13.8. The van der Waals surface area contributed by atoms with Gasteiger partial charge in [0.25, 0.3) is 11.1 Å². The Morgan fingerprint density at radius 2 is 2.00 bits per heavy atom. The summed E-state index contributed by atoms with van der Waals surface area (Å²) >= 11 is 0.559. The lowest BCUT2D eigenvalue weighted by molar-refractivity contribution is -0.385. The molecular formula is C18H12FN3O6S. The molecule has 0 spiro atoms. The molecule has 0 aliphatic carbocycles. The van der Waals surface area contributed by atoms with E-state index in [0.29, 0.717) is 16.7 Å². The summed E-state index contributed by atoms with van der Waals surface area (Å²) in [5.41, 5.74) is -0.422. The third-order valence-corrected chi connectivity index (χ3v) is 4.72. The Hall–Kier alpha value is -3.73. The molecule has 29 heavy (non-hydrogen) atoms. The Bertz CT molecular complexity index is 1070. The lowest BCUT2D eigenvalue weighted by Crippen LogP contribution is -2.36. The standard InChI is InChI=1S/C18H12FN3O6S/c19-11-3-1-2-4-12(11)20-16(24)9-21-17(25)15(29-18(21)26)8-10-5-6-14(23)13(7-10)22(27)28/h1-8,23H,9H2,(H,20,24)/b15-8+. The molecule has 3 rings (SSSR count). The monoisotopic (exact) mass is 417 g/mol. The maximum absolute atomic E-state index is 13.6. The molecule has 2 aromatic rings. The molecule has 148 valence electrons. The molecule has 1 heterocycles. The van der Waals surface area contributed by atoms with Crippen LogP contribution in [0.4, 0.5) is 20.6 Å². The van der Waals surface area contributed by atoms with E-state index in [1.165, 1.54) is 30.3 Å². The van der Waals surface area contributed by atoms with E-state index in [1.54, 1.807) is 0 Å². The average molecular weight is 417 g/mol. The van der Waals surface area contributed by atoms with Crippen LogP contribution in [0.3, 0.4) is 0 Å². The van der Waals surface area contributed by atoms with Crippen molar-refractivity contribution in [2.24, 2.45) is 0 Å². The number of amides is 3. The number of thioether (sulfide) groups is 1. The minimum atomic E-state index is -0.786. The van der Waals surface area contributed by atoms with Gasteiger partial charge in [0.2, 0.25) is 5.91 Å². The van der Waals surface area contributed by atoms with Crippen LogP contribution < -0.4 is 5.32 Å². The number of phenolic OH excluding ortho intramolecular Hbond substituents is 1. The van der Waals surface area contributed by atoms with Gasteiger partial charge in [-0.15, -0.1) is 0 Å². The highest BCUT2D eigenvalue weighted by Gasteiger charge is 2.36. The number of imide groups is 1. The fraction of sp³-hybridized carbons (Fsp3) is 0.0556. The van der Waals surface area contributed by atoms with Crippen LogP contribution in [0.1, 0.15) is 5.56 Å². The predicted octanol–water partition coefficient (Wildman–Crippen LogP) is 3.11. The van der Waals surface area contributed by atoms with Crippen LogP contribution in [0.2, 0.25) is 0 Å². The summed E-state index contributed by atoms with van der Waals surface area (Å²) in [5, 5.41) is 21.9. The molecule has 1 saturated heterocycles. The second kappa shape index (κ2) is 8.10. The van der Waals surface area contributed by atoms with Crippen molar-refractivity contribution in [1.29, 1.82) is 0 Å². The van der Waals surface area contributed by atoms with Gasteiger partial charge >= 0.3 is 5.69 Å². The largest absolute Gasteiger partial charge is 0.502 e. The Labute approximate surface area is 167 Å². The van der Waals surface area contributed by atoms with Crippen LogP contribution in [0.15, 0.2) is 47.4 Å². The van der Waals surface area contributed by atoms with Crippen LogP contribution in [-0.2, 0) is 9.59 Å². The first-order valence-electron chi connectivity index (χ1n) is 8.03. The number of nitro benzene ring substituents is 1. The van der Waals surface area contributed by atoms with Gasteiger partial charge in [-0.25, -0.2) is 4.39 Å². The summed E-state index contributed by atoms with van der Waals surface area (Å²) in [4.78, 5) is 47.4. The van der Waals surface area contributed by atoms with Crippen LogP contribution in [0, 0.1) is 15.9 Å². The number of nitrogens with zero attached hydrogens (tertiary/aromatic N) is 2. The Morgan fingerprint density at radius 1 is 1.28 bits per heavy atom. The number of nitro groups is 1. The van der Waals surface area contributed by atoms with Crippen molar-refractivity contribution in [3.63, 3.8) is 0 Å². The van der Waals surface area contributed by atoms with E-state index in [1.807, 2.05) is 0 Å². The Kier molecular flexibility index (Phi) is 5.59. The van der Waals surface area contributed by atoms with Gasteiger partial charge in [-0.3, -0.25) is 29.4 Å². The number of phenols is 1. The molecule has 0 saturated carbocycles. The molecule has 2 N–H and O–H groups in total. The van der Waals surface area contributed by atoms with Crippen LogP contribution in [-0.4, -0.2) is 38.5 Å². The van der Waals surface area contributed by atoms with Gasteiger partial charge in [0.1, 0.15) is 12.4 Å². The molecule has 9 nitrogen and oxygen atoms in total. The van der Waals surface area contributed by atoms with Crippen molar-refractivity contribution < 1.29 is 28.8 Å². The van der Waals surface area contributed by atoms with Crippen molar-refractivity contribution >= 4 is 46.3 Å². The summed E-state index contributed by atoms with van der Waals surface area (Å²) in [7, 11) is 0. The number of para-hydroxylation sites is 1. The average Bonchev–Trinajstić information content (AvgIpc) is 2.92. The van der Waals surface area contributed by atoms with Gasteiger partial charge in [0.15, 0.2) is 5.75 Å². The zero-order valence-corrected chi connectivity index (χ0v) is 15.3. The summed E-state index contributed by atoms with van der Waals surface area (Å²) in [6.45, 7) is -0.619. The number of halogens is 1. The lowest BCUT2D eigenvalue weighted by atomic mass is 10.1. The van der Waals surface area contributed by atoms with Crippen molar-refractivity contribution in [3.8, 4) is 5.75 Å². The SMILES string of the molecule is O=C(CN1C(=O)S/C(=C/c2ccc(O)c([N+](=O)[O-])c2)C1=O)Nc1ccccc1F. The van der Waals surface area contributed by atoms with Gasteiger partial charge in [-0.05, 0) is 41.6 Å². The minimum absolute atomic E-state index is 0.0475. The fourth-order valence-electron chi connectivity index (χ4n) is 2.46. The smallest absolute Gasteiger partial charge is 0.311 e. The van der Waals surface area contributed by atoms with E-state index >= 15 is 0 Å². The highest BCUT2D eigenvalue weighted by Crippen LogP contribution is 2.34. The van der Waals surface area contributed by atoms with E-state index in [2.05, 4.69) is 5.32 Å². The van der Waals surface area contributed by atoms with E-state index in [9.17, 15) is 34.0 Å². The number of nitrogens with one attached hydrogen (secondary N) is 1. The maximum atomic E-state index is 13.6. The van der Waals surface area contributed by atoms with Crippen LogP contribution in [0.5, 0.6) is 5.75 Å². The summed E-state index contributed by atoms with van der Waals surface area (Å²) in [6, 6.07) is 8.91. The Morgan fingerprint density at radius 3 is 2.69 bits per heavy atom. The first kappa shape index (κ1) is 20.0. The number of carbonyl (C=O) groups excluding carboxylic acids is 3. The zero-order chi connectivity index (χ0) is 21.1. The second-order valence-corrected chi connectivity index (χ2v) is 6.79. The molecule has 1 aliphatic heterocycles. The highest BCUT2D eigenvalue weighted by molar-refractivity contribution is 8.18. The van der Waals surface area contributed by atoms with E-state index in [-0.39, 0.29) is 16.2 Å². The molecule has 3 amide bonds. The van der Waals surface area contributed by atoms with Gasteiger partial charge in [0.05, 0.1) is 15.5 Å². The van der Waals surface area contributed by atoms with Gasteiger partial charge in [0, 0.05) is 6.07 Å². The number of aromatic hydroxyl groups is 1. The molecule has 1 aliphatic rings. The van der Waals surface area contributed by atoms with Crippen LogP contribution in [0.25, 0.3) is 6.08 Å². The highest BCUT2D eigenvalue weighted by atomic mass is 32.2. The Balaban J connectivity index is 1.75. The number of hydrogen-bond acceptors (Lipinski definition) is 7. The molecule has 11 heteroatoms. The van der Waals surface area contributed by atoms with Crippen molar-refractivity contribution in [2.45, 2.75) is 0 Å². The topological polar surface area (TPSA) is 130 Å². The van der Waals surface area contributed by atoms with Gasteiger partial charge in [-0.1, -0.05) is 18.2 Å². The third-order valence-electron chi connectivity index (χ3n) is 3.82. The first-order valence-corrected chi connectivity index (χ1v) is 8.85. The number of anilines is 1. The summed E-state index contributed by atoms with van der Waals surface area (Å²) in [5.74, 6) is -2.73. The number of hydrogen-bond donors (Lipinski definition) is 2. The van der Waals surface area contributed by atoms with Gasteiger partial charge < -0.3 is 10.4 Å². The molecular weight excluding hydrogens is 405 g/mol. The molecule has 0 bridgehead atoms. The van der Waals surface area contributed by atoms with Crippen molar-refractivity contribution in [3.05, 3.63) is 68.9 Å². The molecule has 0 unspecified atom stereocenters. The molecule has 1 fully saturated rings. The third kappa shape index (κ3) is 4.41. The maximum Gasteiger partial charge on any atom is 0.311 e. The lowest BCUT2D eigenvalue weighted by Gasteiger charge is -2.12. The fourth-order valence-corrected chi connectivity index (χ4v) is 3.30. The molecule has 0 aromatic heterocycles. The molecule has 2 aromatic carbocycles. The van der Waals surface area contributed by atoms with Crippen molar-refractivity contribution in [2.75, 3.05) is 11.9 Å². The predicted molar refractivity (Wildman–Crippen MR) is 102 cm³/mol. The normalized spacial score (nSPS) is 15.1. The number of rotatable bonds is 5. The van der Waals surface area contributed by atoms with Crippen molar-refractivity contribution in [1.82, 2.24) is 4.90 Å². The number of benzene rings is 2. The van der Waals surface area contributed by atoms with Gasteiger partial charge in [-0.2, -0.15) is 0 Å². The van der Waals surface area contributed by atoms with E-state index in [4.69, 9.17) is 0 Å². The molecule has 0 atom stereocenters. The zero-order valence-electron chi connectivity index (χ0n) is 14.5. The second-order valence-electron chi connectivity index (χ2n) is 5.80. The van der Waals surface area contributed by atoms with E-state index < -0.39 is 45.8 Å². The van der Waals surface area contributed by atoms with E-state index in [0.717, 1.165) is 18.2 Å².